The fourth-order valence-electron chi connectivity index (χ4n) is 9.93. The third-order valence-corrected chi connectivity index (χ3v) is 19.3. The largest absolute Gasteiger partial charge is 0.445 e. The minimum absolute atomic E-state index is 0.125. The van der Waals surface area contributed by atoms with Crippen molar-refractivity contribution in [1.29, 1.82) is 0 Å². The molecule has 2 aliphatic heterocycles. The second kappa shape index (κ2) is 14.5. The molecule has 2 fully saturated rings. The Kier molecular flexibility index (Phi) is 9.83. The van der Waals surface area contributed by atoms with Gasteiger partial charge in [-0.1, -0.05) is 160 Å². The number of piperidine rings is 1. The van der Waals surface area contributed by atoms with Crippen LogP contribution in [0.1, 0.15) is 50.3 Å². The Morgan fingerprint density at radius 2 is 1.39 bits per heavy atom. The molecule has 56 heavy (non-hydrogen) atoms. The van der Waals surface area contributed by atoms with Gasteiger partial charge in [0, 0.05) is 24.5 Å². The number of carbonyl (C=O) groups excluding carboxylic acids is 1. The number of rotatable bonds is 9. The van der Waals surface area contributed by atoms with Gasteiger partial charge in [0.1, 0.15) is 6.61 Å². The number of hydrogen-bond donors (Lipinski definition) is 0. The summed E-state index contributed by atoms with van der Waals surface area (Å²) in [4.78, 5) is 16.1. The molecule has 5 aromatic carbocycles. The molecule has 9 heteroatoms. The number of anilines is 1. The van der Waals surface area contributed by atoms with Gasteiger partial charge in [-0.15, -0.1) is 0 Å². The van der Waals surface area contributed by atoms with Crippen LogP contribution >= 0.6 is 0 Å². The smallest absolute Gasteiger partial charge is 0.410 e. The maximum atomic E-state index is 15.1. The number of nitrogens with zero attached hydrogens (tertiary/aromatic N) is 2. The average Bonchev–Trinajstić information content (AvgIpc) is 3.52. The first kappa shape index (κ1) is 37.9. The molecule has 1 saturated heterocycles. The van der Waals surface area contributed by atoms with E-state index in [4.69, 9.17) is 15.7 Å². The van der Waals surface area contributed by atoms with Gasteiger partial charge < -0.3 is 14.1 Å². The van der Waals surface area contributed by atoms with E-state index in [1.807, 2.05) is 79.7 Å². The Bertz CT molecular complexity index is 2290. The average molecular weight is 783 g/mol. The number of carbonyl (C=O) groups is 1. The molecule has 0 aromatic heterocycles. The van der Waals surface area contributed by atoms with E-state index in [2.05, 4.69) is 75.4 Å². The number of benzene rings is 5. The standard InChI is InChI=1S/C47H50N2O5SSi/c1-34-25-27-37(28-26-34)55(51,52)49-42-24-16-15-23-40(42)47-29-30-48(45(50)53-32-36-17-9-6-10-18-36)43(44(47)49)31-35(2)41(47)33-54-56(46(3,4)5,38-19-11-7-12-20-38)39-21-13-8-14-22-39/h6-28,41,43-44H,2,29-33H2,1,3-5H3/t41-,43-,44+,47-/m0/s1. The van der Waals surface area contributed by atoms with Crippen molar-refractivity contribution in [2.75, 3.05) is 17.5 Å². The SMILES string of the molecule is C=C1C[C@H]2[C@H]3N(S(=O)(=O)c4ccc(C)cc4)c4ccccc4[C@@]3(CCN2C(=O)OCc2ccccc2)[C@H]1CO[Si](c1ccccc1)(c1ccccc1)C(C)(C)C. The summed E-state index contributed by atoms with van der Waals surface area (Å²) in [5, 5.41) is 2.10. The van der Waals surface area contributed by atoms with Crippen LogP contribution in [0.2, 0.25) is 5.04 Å². The van der Waals surface area contributed by atoms with Crippen molar-refractivity contribution in [3.8, 4) is 0 Å². The molecule has 1 amide bonds. The molecule has 8 rings (SSSR count). The highest BCUT2D eigenvalue weighted by Gasteiger charge is 2.67. The Morgan fingerprint density at radius 3 is 2.00 bits per heavy atom. The van der Waals surface area contributed by atoms with Crippen molar-refractivity contribution >= 4 is 40.5 Å². The van der Waals surface area contributed by atoms with Crippen LogP contribution in [0.25, 0.3) is 0 Å². The van der Waals surface area contributed by atoms with Gasteiger partial charge in [0.05, 0.1) is 22.7 Å². The number of aryl methyl sites for hydroxylation is 1. The zero-order chi connectivity index (χ0) is 39.3. The minimum Gasteiger partial charge on any atom is -0.445 e. The van der Waals surface area contributed by atoms with Crippen molar-refractivity contribution in [2.24, 2.45) is 5.92 Å². The lowest BCUT2D eigenvalue weighted by atomic mass is 9.55. The molecule has 1 aliphatic carbocycles. The van der Waals surface area contributed by atoms with Crippen molar-refractivity contribution in [2.45, 2.75) is 74.6 Å². The predicted molar refractivity (Wildman–Crippen MR) is 225 cm³/mol. The van der Waals surface area contributed by atoms with Gasteiger partial charge in [0.15, 0.2) is 0 Å². The van der Waals surface area contributed by atoms with E-state index in [1.54, 1.807) is 21.3 Å². The zero-order valence-corrected chi connectivity index (χ0v) is 34.4. The minimum atomic E-state index is -4.09. The number of hydrogen-bond acceptors (Lipinski definition) is 5. The molecule has 1 saturated carbocycles. The molecular weight excluding hydrogens is 733 g/mol. The number of amides is 1. The van der Waals surface area contributed by atoms with Crippen LogP contribution in [0.3, 0.4) is 0 Å². The predicted octanol–water partition coefficient (Wildman–Crippen LogP) is 8.37. The first-order valence-electron chi connectivity index (χ1n) is 19.5. The molecule has 3 aliphatic rings. The van der Waals surface area contributed by atoms with Gasteiger partial charge >= 0.3 is 6.09 Å². The fourth-order valence-corrected chi connectivity index (χ4v) is 16.3. The number of fused-ring (bicyclic) bond motifs is 1. The number of sulfonamides is 1. The van der Waals surface area contributed by atoms with E-state index in [-0.39, 0.29) is 22.5 Å². The maximum absolute atomic E-state index is 15.1. The highest BCUT2D eigenvalue weighted by molar-refractivity contribution is 7.93. The van der Waals surface area contributed by atoms with Crippen molar-refractivity contribution in [3.05, 3.63) is 168 Å². The van der Waals surface area contributed by atoms with Crippen molar-refractivity contribution in [1.82, 2.24) is 4.90 Å². The summed E-state index contributed by atoms with van der Waals surface area (Å²) >= 11 is 0. The van der Waals surface area contributed by atoms with Gasteiger partial charge in [-0.2, -0.15) is 0 Å². The second-order valence-corrected chi connectivity index (χ2v) is 22.7. The summed E-state index contributed by atoms with van der Waals surface area (Å²) in [5.74, 6) is -0.243. The van der Waals surface area contributed by atoms with Crippen LogP contribution in [0.15, 0.2) is 157 Å². The molecule has 2 heterocycles. The summed E-state index contributed by atoms with van der Waals surface area (Å²) in [6.07, 6.45) is 0.473. The highest BCUT2D eigenvalue weighted by atomic mass is 32.2. The van der Waals surface area contributed by atoms with Crippen LogP contribution < -0.4 is 14.7 Å². The van der Waals surface area contributed by atoms with E-state index in [0.717, 1.165) is 22.3 Å². The second-order valence-electron chi connectivity index (χ2n) is 16.6. The van der Waals surface area contributed by atoms with Gasteiger partial charge in [-0.05, 0) is 64.5 Å². The third kappa shape index (κ3) is 6.11. The topological polar surface area (TPSA) is 76.2 Å². The lowest BCUT2D eigenvalue weighted by Gasteiger charge is -2.58. The molecule has 5 aromatic rings. The number of likely N-dealkylation sites (tertiary alicyclic amines) is 1. The molecule has 0 radical (unpaired) electrons. The fraction of sp³-hybridized carbons (Fsp3) is 0.298. The Labute approximate surface area is 332 Å². The quantitative estimate of drug-likeness (QED) is 0.111. The van der Waals surface area contributed by atoms with Crippen molar-refractivity contribution < 1.29 is 22.4 Å². The molecular formula is C47H50N2O5SSi. The number of ether oxygens (including phenoxy) is 1. The summed E-state index contributed by atoms with van der Waals surface area (Å²) in [7, 11) is -7.08. The van der Waals surface area contributed by atoms with Gasteiger partial charge in [-0.25, -0.2) is 13.2 Å². The molecule has 7 nitrogen and oxygen atoms in total. The van der Waals surface area contributed by atoms with Crippen molar-refractivity contribution in [3.63, 3.8) is 0 Å². The molecule has 0 spiro atoms. The van der Waals surface area contributed by atoms with Gasteiger partial charge in [-0.3, -0.25) is 4.31 Å². The lowest BCUT2D eigenvalue weighted by Crippen LogP contribution is -2.71. The highest BCUT2D eigenvalue weighted by Crippen LogP contribution is 2.62. The normalized spacial score (nSPS) is 22.0. The summed E-state index contributed by atoms with van der Waals surface area (Å²) in [6.45, 7) is 14.4. The van der Waals surface area contributed by atoms with Gasteiger partial charge in [0.25, 0.3) is 18.3 Å². The van der Waals surface area contributed by atoms with Crippen LogP contribution in [-0.2, 0) is 31.2 Å². The van der Waals surface area contributed by atoms with Crippen LogP contribution in [0.5, 0.6) is 0 Å². The summed E-state index contributed by atoms with van der Waals surface area (Å²) in [6, 6.07) is 44.6. The van der Waals surface area contributed by atoms with Gasteiger partial charge in [0.2, 0.25) is 0 Å². The Morgan fingerprint density at radius 1 is 0.821 bits per heavy atom. The van der Waals surface area contributed by atoms with E-state index >= 15 is 8.42 Å². The van der Waals surface area contributed by atoms with E-state index in [9.17, 15) is 4.79 Å². The molecule has 0 N–H and O–H groups in total. The van der Waals surface area contributed by atoms with E-state index in [0.29, 0.717) is 31.7 Å². The van der Waals surface area contributed by atoms with Crippen LogP contribution in [-0.4, -0.2) is 53.0 Å². The molecule has 0 unspecified atom stereocenters. The van der Waals surface area contributed by atoms with Crippen LogP contribution in [0, 0.1) is 12.8 Å². The van der Waals surface area contributed by atoms with E-state index in [1.165, 1.54) is 10.4 Å². The Hall–Kier alpha value is -4.96. The van der Waals surface area contributed by atoms with E-state index < -0.39 is 41.9 Å². The monoisotopic (exact) mass is 782 g/mol. The first-order chi connectivity index (χ1) is 26.9. The summed E-state index contributed by atoms with van der Waals surface area (Å²) < 4.78 is 45.5. The zero-order valence-electron chi connectivity index (χ0n) is 32.6. The maximum Gasteiger partial charge on any atom is 0.410 e. The molecule has 4 atom stereocenters. The third-order valence-electron chi connectivity index (χ3n) is 12.4. The molecule has 288 valence electrons. The summed E-state index contributed by atoms with van der Waals surface area (Å²) in [5.41, 5.74) is 3.69. The van der Waals surface area contributed by atoms with Crippen LogP contribution in [0.4, 0.5) is 10.5 Å². The molecule has 2 bridgehead atoms. The Balaban J connectivity index is 1.26. The first-order valence-corrected chi connectivity index (χ1v) is 22.8. The number of para-hydroxylation sites is 1. The lowest BCUT2D eigenvalue weighted by molar-refractivity contribution is 0.00659.